The molecule has 6 nitrogen and oxygen atoms in total. The van der Waals surface area contributed by atoms with E-state index in [1.54, 1.807) is 4.52 Å². The van der Waals surface area contributed by atoms with Crippen LogP contribution in [0.3, 0.4) is 0 Å². The smallest absolute Gasteiger partial charge is 0.343 e. The molecule has 1 aliphatic carbocycles. The van der Waals surface area contributed by atoms with Crippen LogP contribution in [0.4, 0.5) is 0 Å². The summed E-state index contributed by atoms with van der Waals surface area (Å²) in [5.74, 6) is -0.118. The van der Waals surface area contributed by atoms with Crippen LogP contribution in [0.1, 0.15) is 39.8 Å². The minimum Gasteiger partial charge on any atom is -0.465 e. The van der Waals surface area contributed by atoms with Crippen molar-refractivity contribution in [3.05, 3.63) is 29.2 Å². The van der Waals surface area contributed by atoms with Crippen molar-refractivity contribution in [3.63, 3.8) is 0 Å². The summed E-state index contributed by atoms with van der Waals surface area (Å²) >= 11 is 0. The maximum absolute atomic E-state index is 12.0. The number of ether oxygens (including phenoxy) is 1. The molecule has 0 spiro atoms. The predicted octanol–water partition coefficient (Wildman–Crippen LogP) is 1.28. The van der Waals surface area contributed by atoms with Crippen molar-refractivity contribution >= 4 is 17.4 Å². The molecule has 1 atom stereocenters. The number of carbonyl (C=O) groups is 2. The van der Waals surface area contributed by atoms with E-state index in [9.17, 15) is 9.59 Å². The molecule has 2 aromatic heterocycles. The fraction of sp³-hybridized carbons (Fsp3) is 0.385. The molecule has 0 saturated carbocycles. The first-order valence-electron chi connectivity index (χ1n) is 6.09. The van der Waals surface area contributed by atoms with Crippen molar-refractivity contribution < 1.29 is 14.3 Å². The fourth-order valence-electron chi connectivity index (χ4n) is 2.49. The maximum atomic E-state index is 12.0. The van der Waals surface area contributed by atoms with E-state index < -0.39 is 5.97 Å². The van der Waals surface area contributed by atoms with Crippen LogP contribution < -0.4 is 0 Å². The molecule has 0 aromatic carbocycles. The summed E-state index contributed by atoms with van der Waals surface area (Å²) in [6.45, 7) is 2.03. The summed E-state index contributed by atoms with van der Waals surface area (Å²) in [6.07, 6.45) is 4.25. The Bertz CT molecular complexity index is 690. The van der Waals surface area contributed by atoms with Gasteiger partial charge in [0.2, 0.25) is 0 Å². The molecule has 0 N–H and O–H groups in total. The lowest BCUT2D eigenvalue weighted by Gasteiger charge is -2.20. The van der Waals surface area contributed by atoms with Gasteiger partial charge in [-0.15, -0.1) is 0 Å². The fourth-order valence-corrected chi connectivity index (χ4v) is 2.49. The Morgan fingerprint density at radius 3 is 2.95 bits per heavy atom. The van der Waals surface area contributed by atoms with E-state index in [1.807, 2.05) is 6.92 Å². The third kappa shape index (κ3) is 1.71. The summed E-state index contributed by atoms with van der Waals surface area (Å²) in [7, 11) is 1.32. The van der Waals surface area contributed by atoms with Gasteiger partial charge in [-0.2, -0.15) is 5.10 Å². The van der Waals surface area contributed by atoms with Gasteiger partial charge in [-0.3, -0.25) is 4.79 Å². The summed E-state index contributed by atoms with van der Waals surface area (Å²) < 4.78 is 6.27. The molecule has 6 heteroatoms. The molecule has 0 radical (unpaired) electrons. The van der Waals surface area contributed by atoms with Gasteiger partial charge in [-0.25, -0.2) is 14.3 Å². The summed E-state index contributed by atoms with van der Waals surface area (Å²) in [6, 6.07) is 0. The van der Waals surface area contributed by atoms with Crippen LogP contribution >= 0.6 is 0 Å². The number of ketones is 1. The molecule has 2 aromatic rings. The van der Waals surface area contributed by atoms with Gasteiger partial charge in [-0.1, -0.05) is 6.92 Å². The molecule has 0 saturated heterocycles. The molecular formula is C13H13N3O3. The number of carbonyl (C=O) groups excluding carboxylic acids is 2. The van der Waals surface area contributed by atoms with Crippen molar-refractivity contribution in [2.24, 2.45) is 5.92 Å². The molecule has 19 heavy (non-hydrogen) atoms. The molecule has 3 rings (SSSR count). The average Bonchev–Trinajstić information content (AvgIpc) is 2.81. The maximum Gasteiger partial charge on any atom is 0.343 e. The Labute approximate surface area is 109 Å². The van der Waals surface area contributed by atoms with Gasteiger partial charge >= 0.3 is 5.97 Å². The van der Waals surface area contributed by atoms with E-state index in [2.05, 4.69) is 14.8 Å². The van der Waals surface area contributed by atoms with Crippen molar-refractivity contribution in [1.82, 2.24) is 14.6 Å². The molecule has 98 valence electrons. The van der Waals surface area contributed by atoms with Gasteiger partial charge in [0.25, 0.3) is 0 Å². The van der Waals surface area contributed by atoms with Crippen LogP contribution in [0.2, 0.25) is 0 Å². The zero-order valence-electron chi connectivity index (χ0n) is 10.7. The van der Waals surface area contributed by atoms with E-state index in [4.69, 9.17) is 0 Å². The highest BCUT2D eigenvalue weighted by atomic mass is 16.5. The van der Waals surface area contributed by atoms with Crippen molar-refractivity contribution in [2.45, 2.75) is 19.8 Å². The third-order valence-electron chi connectivity index (χ3n) is 3.41. The Morgan fingerprint density at radius 2 is 2.21 bits per heavy atom. The minimum absolute atomic E-state index is 0.0817. The van der Waals surface area contributed by atoms with Crippen molar-refractivity contribution in [2.75, 3.05) is 7.11 Å². The normalized spacial score (nSPS) is 18.4. The predicted molar refractivity (Wildman–Crippen MR) is 66.1 cm³/mol. The van der Waals surface area contributed by atoms with Crippen LogP contribution in [0.5, 0.6) is 0 Å². The second kappa shape index (κ2) is 4.15. The zero-order valence-corrected chi connectivity index (χ0v) is 10.7. The summed E-state index contributed by atoms with van der Waals surface area (Å²) in [4.78, 5) is 27.7. The summed E-state index contributed by atoms with van der Waals surface area (Å²) in [5.41, 5.74) is 2.18. The molecular weight excluding hydrogens is 246 g/mol. The van der Waals surface area contributed by atoms with Gasteiger partial charge in [0.15, 0.2) is 11.4 Å². The van der Waals surface area contributed by atoms with Crippen LogP contribution in [-0.4, -0.2) is 33.5 Å². The minimum atomic E-state index is -0.474. The van der Waals surface area contributed by atoms with Gasteiger partial charge < -0.3 is 4.74 Å². The van der Waals surface area contributed by atoms with Crippen molar-refractivity contribution in [3.8, 4) is 0 Å². The molecule has 2 heterocycles. The van der Waals surface area contributed by atoms with E-state index >= 15 is 0 Å². The Kier molecular flexibility index (Phi) is 2.58. The lowest BCUT2D eigenvalue weighted by atomic mass is 9.88. The Hall–Kier alpha value is -2.24. The lowest BCUT2D eigenvalue weighted by Crippen LogP contribution is -2.22. The number of nitrogens with zero attached hydrogens (tertiary/aromatic N) is 3. The first-order valence-corrected chi connectivity index (χ1v) is 6.09. The number of esters is 1. The second-order valence-corrected chi connectivity index (χ2v) is 4.84. The van der Waals surface area contributed by atoms with Crippen LogP contribution in [0, 0.1) is 5.92 Å². The van der Waals surface area contributed by atoms with Gasteiger partial charge in [0.05, 0.1) is 24.6 Å². The van der Waals surface area contributed by atoms with E-state index in [0.717, 1.165) is 12.1 Å². The monoisotopic (exact) mass is 259 g/mol. The number of hydrogen-bond acceptors (Lipinski definition) is 5. The highest BCUT2D eigenvalue weighted by Gasteiger charge is 2.27. The standard InChI is InChI=1S/C13H13N3O3/c1-7-3-10-8(11(17)4-7)5-14-12-9(13(18)19-2)6-15-16(10)12/h5-7H,3-4H2,1-2H3. The highest BCUT2D eigenvalue weighted by molar-refractivity contribution is 5.99. The molecule has 0 aliphatic heterocycles. The number of methoxy groups -OCH3 is 1. The number of rotatable bonds is 1. The molecule has 0 amide bonds. The summed E-state index contributed by atoms with van der Waals surface area (Å²) in [5, 5.41) is 4.17. The Balaban J connectivity index is 2.24. The van der Waals surface area contributed by atoms with E-state index in [0.29, 0.717) is 23.2 Å². The Morgan fingerprint density at radius 1 is 1.42 bits per heavy atom. The highest BCUT2D eigenvalue weighted by Crippen LogP contribution is 2.26. The first kappa shape index (κ1) is 11.8. The lowest BCUT2D eigenvalue weighted by molar-refractivity contribution is 0.0602. The van der Waals surface area contributed by atoms with Crippen LogP contribution in [0.15, 0.2) is 12.4 Å². The molecule has 1 unspecified atom stereocenters. The molecule has 1 aliphatic rings. The average molecular weight is 259 g/mol. The first-order chi connectivity index (χ1) is 9.11. The number of Topliss-reactive ketones (excluding diaryl/α,β-unsaturated/α-hetero) is 1. The van der Waals surface area contributed by atoms with E-state index in [1.165, 1.54) is 19.5 Å². The quantitative estimate of drug-likeness (QED) is 0.721. The zero-order chi connectivity index (χ0) is 13.6. The largest absolute Gasteiger partial charge is 0.465 e. The van der Waals surface area contributed by atoms with Gasteiger partial charge in [0, 0.05) is 12.6 Å². The van der Waals surface area contributed by atoms with Crippen LogP contribution in [0.25, 0.3) is 5.65 Å². The van der Waals surface area contributed by atoms with Gasteiger partial charge in [0.1, 0.15) is 5.56 Å². The third-order valence-corrected chi connectivity index (χ3v) is 3.41. The SMILES string of the molecule is COC(=O)c1cnn2c3c(cnc12)C(=O)CC(C)C3. The number of fused-ring (bicyclic) bond motifs is 3. The second-order valence-electron chi connectivity index (χ2n) is 4.84. The molecule has 0 fully saturated rings. The number of hydrogen-bond donors (Lipinski definition) is 0. The van der Waals surface area contributed by atoms with Crippen LogP contribution in [-0.2, 0) is 11.2 Å². The van der Waals surface area contributed by atoms with Gasteiger partial charge in [-0.05, 0) is 12.3 Å². The van der Waals surface area contributed by atoms with Crippen molar-refractivity contribution in [1.29, 1.82) is 0 Å². The van der Waals surface area contributed by atoms with E-state index in [-0.39, 0.29) is 11.7 Å². The topological polar surface area (TPSA) is 73.6 Å². The number of aromatic nitrogens is 3. The molecule has 0 bridgehead atoms.